The number of aromatic amines is 1. The molecule has 3 aromatic rings. The number of nitrogens with zero attached hydrogens (tertiary/aromatic N) is 3. The molecule has 0 saturated carbocycles. The van der Waals surface area contributed by atoms with Gasteiger partial charge in [0.15, 0.2) is 0 Å². The van der Waals surface area contributed by atoms with Crippen LogP contribution in [0.5, 0.6) is 0 Å². The van der Waals surface area contributed by atoms with E-state index in [0.717, 1.165) is 72.7 Å². The van der Waals surface area contributed by atoms with Crippen LogP contribution >= 0.6 is 0 Å². The van der Waals surface area contributed by atoms with Crippen LogP contribution in [0.25, 0.3) is 11.4 Å². The van der Waals surface area contributed by atoms with E-state index in [1.54, 1.807) is 0 Å². The number of aromatic nitrogens is 2. The highest BCUT2D eigenvalue weighted by atomic mass is 16.2. The van der Waals surface area contributed by atoms with Gasteiger partial charge in [0.05, 0.1) is 17.3 Å². The summed E-state index contributed by atoms with van der Waals surface area (Å²) in [5.74, 6) is 1.38. The second-order valence-corrected chi connectivity index (χ2v) is 9.66. The number of amides is 1. The van der Waals surface area contributed by atoms with Crippen molar-refractivity contribution in [3.63, 3.8) is 0 Å². The van der Waals surface area contributed by atoms with Crippen LogP contribution in [-0.4, -0.2) is 40.4 Å². The largest absolute Gasteiger partial charge is 0.342 e. The Bertz CT molecular complexity index is 1260. The number of carbonyl (C=O) groups is 1. The third-order valence-corrected chi connectivity index (χ3v) is 7.40. The van der Waals surface area contributed by atoms with Gasteiger partial charge >= 0.3 is 0 Å². The number of H-pyrrole nitrogens is 1. The number of imidazole rings is 1. The Balaban J connectivity index is 1.35. The zero-order chi connectivity index (χ0) is 23.8. The molecule has 2 aliphatic heterocycles. The zero-order valence-corrected chi connectivity index (χ0v) is 20.1. The van der Waals surface area contributed by atoms with Crippen LogP contribution in [0.15, 0.2) is 36.4 Å². The molecule has 174 valence electrons. The molecule has 1 atom stereocenters. The van der Waals surface area contributed by atoms with Crippen molar-refractivity contribution >= 4 is 5.91 Å². The summed E-state index contributed by atoms with van der Waals surface area (Å²) in [6.45, 7) is 8.68. The summed E-state index contributed by atoms with van der Waals surface area (Å²) in [5.41, 5.74) is 8.11. The maximum absolute atomic E-state index is 13.5. The topological polar surface area (TPSA) is 84.8 Å². The number of benzene rings is 2. The van der Waals surface area contributed by atoms with Crippen LogP contribution in [0.1, 0.15) is 75.7 Å². The van der Waals surface area contributed by atoms with Crippen molar-refractivity contribution in [1.29, 1.82) is 5.26 Å². The van der Waals surface area contributed by atoms with E-state index in [4.69, 9.17) is 10.2 Å². The van der Waals surface area contributed by atoms with Crippen molar-refractivity contribution in [2.75, 3.05) is 19.6 Å². The number of nitrogens with one attached hydrogen (secondary N) is 2. The van der Waals surface area contributed by atoms with Gasteiger partial charge in [-0.3, -0.25) is 4.79 Å². The van der Waals surface area contributed by atoms with E-state index in [-0.39, 0.29) is 11.9 Å². The first-order chi connectivity index (χ1) is 16.4. The molecule has 2 aromatic carbocycles. The van der Waals surface area contributed by atoms with Crippen LogP contribution in [0.2, 0.25) is 0 Å². The summed E-state index contributed by atoms with van der Waals surface area (Å²) in [4.78, 5) is 23.9. The van der Waals surface area contributed by atoms with E-state index in [1.807, 2.05) is 30.0 Å². The van der Waals surface area contributed by atoms with Gasteiger partial charge in [0, 0.05) is 48.9 Å². The van der Waals surface area contributed by atoms with Crippen LogP contribution in [0.4, 0.5) is 0 Å². The highest BCUT2D eigenvalue weighted by molar-refractivity contribution is 5.97. The summed E-state index contributed by atoms with van der Waals surface area (Å²) in [6.07, 6.45) is 2.81. The van der Waals surface area contributed by atoms with Crippen LogP contribution in [0, 0.1) is 25.2 Å². The minimum absolute atomic E-state index is 0.100. The number of hydrogen-bond donors (Lipinski definition) is 2. The van der Waals surface area contributed by atoms with Gasteiger partial charge < -0.3 is 15.2 Å². The summed E-state index contributed by atoms with van der Waals surface area (Å²) in [6, 6.07) is 14.4. The van der Waals surface area contributed by atoms with Crippen LogP contribution < -0.4 is 5.32 Å². The van der Waals surface area contributed by atoms with Crippen molar-refractivity contribution < 1.29 is 4.79 Å². The van der Waals surface area contributed by atoms with E-state index in [1.165, 1.54) is 11.3 Å². The van der Waals surface area contributed by atoms with E-state index in [2.05, 4.69) is 48.4 Å². The maximum atomic E-state index is 13.5. The minimum Gasteiger partial charge on any atom is -0.342 e. The van der Waals surface area contributed by atoms with Gasteiger partial charge in [-0.05, 0) is 74.4 Å². The molecular formula is C28H31N5O. The lowest BCUT2D eigenvalue weighted by molar-refractivity contribution is 0.0712. The van der Waals surface area contributed by atoms with E-state index in [9.17, 15) is 4.79 Å². The molecule has 6 nitrogen and oxygen atoms in total. The van der Waals surface area contributed by atoms with E-state index in [0.29, 0.717) is 11.5 Å². The van der Waals surface area contributed by atoms with Crippen LogP contribution in [0.3, 0.4) is 0 Å². The minimum atomic E-state index is 0.100. The molecule has 1 saturated heterocycles. The second kappa shape index (κ2) is 9.08. The zero-order valence-electron chi connectivity index (χ0n) is 20.1. The molecule has 2 N–H and O–H groups in total. The molecule has 34 heavy (non-hydrogen) atoms. The summed E-state index contributed by atoms with van der Waals surface area (Å²) in [5, 5.41) is 12.5. The maximum Gasteiger partial charge on any atom is 0.254 e. The summed E-state index contributed by atoms with van der Waals surface area (Å²) < 4.78 is 0. The number of piperidine rings is 1. The Labute approximate surface area is 201 Å². The first kappa shape index (κ1) is 22.4. The molecule has 0 unspecified atom stereocenters. The Morgan fingerprint density at radius 1 is 1.12 bits per heavy atom. The monoisotopic (exact) mass is 453 g/mol. The van der Waals surface area contributed by atoms with Gasteiger partial charge in [0.2, 0.25) is 0 Å². The highest BCUT2D eigenvalue weighted by Crippen LogP contribution is 2.32. The molecule has 3 heterocycles. The molecule has 1 amide bonds. The number of aryl methyl sites for hydroxylation is 2. The molecule has 5 rings (SSSR count). The average Bonchev–Trinajstić information content (AvgIpc) is 3.29. The molecule has 2 aliphatic rings. The highest BCUT2D eigenvalue weighted by Gasteiger charge is 2.27. The van der Waals surface area contributed by atoms with Gasteiger partial charge in [-0.25, -0.2) is 4.98 Å². The van der Waals surface area contributed by atoms with Crippen molar-refractivity contribution in [2.24, 2.45) is 0 Å². The summed E-state index contributed by atoms with van der Waals surface area (Å²) in [7, 11) is 0. The standard InChI is InChI=1S/C28H31N5O/c1-17-14-18(2)24(15-23(17)27-31-25-8-11-30-19(3)26(25)32-27)28(34)33-12-9-22(10-13-33)21-6-4-20(16-29)5-7-21/h4-7,14-15,19,22,30H,8-13H2,1-3H3,(H,31,32)/t19-/m0/s1. The molecule has 0 spiro atoms. The predicted molar refractivity (Wildman–Crippen MR) is 133 cm³/mol. The molecule has 1 fully saturated rings. The fourth-order valence-corrected chi connectivity index (χ4v) is 5.36. The van der Waals surface area contributed by atoms with Crippen molar-refractivity contribution in [2.45, 2.75) is 52.0 Å². The summed E-state index contributed by atoms with van der Waals surface area (Å²) >= 11 is 0. The number of likely N-dealkylation sites (tertiary alicyclic amines) is 1. The molecular weight excluding hydrogens is 422 g/mol. The van der Waals surface area contributed by atoms with Crippen molar-refractivity contribution in [3.8, 4) is 17.5 Å². The normalized spacial score (nSPS) is 18.4. The number of carbonyl (C=O) groups excluding carboxylic acids is 1. The number of fused-ring (bicyclic) bond motifs is 1. The lowest BCUT2D eigenvalue weighted by Crippen LogP contribution is -2.38. The van der Waals surface area contributed by atoms with Gasteiger partial charge in [-0.2, -0.15) is 5.26 Å². The molecule has 0 radical (unpaired) electrons. The molecule has 0 bridgehead atoms. The third kappa shape index (κ3) is 4.12. The number of hydrogen-bond acceptors (Lipinski definition) is 4. The third-order valence-electron chi connectivity index (χ3n) is 7.40. The first-order valence-corrected chi connectivity index (χ1v) is 12.2. The fourth-order valence-electron chi connectivity index (χ4n) is 5.36. The Hall–Kier alpha value is -3.43. The Kier molecular flexibility index (Phi) is 5.97. The predicted octanol–water partition coefficient (Wildman–Crippen LogP) is 4.79. The van der Waals surface area contributed by atoms with Crippen LogP contribution in [-0.2, 0) is 6.42 Å². The number of nitriles is 1. The van der Waals surface area contributed by atoms with E-state index >= 15 is 0 Å². The lowest BCUT2D eigenvalue weighted by Gasteiger charge is -2.32. The Morgan fingerprint density at radius 2 is 1.85 bits per heavy atom. The van der Waals surface area contributed by atoms with Crippen molar-refractivity contribution in [1.82, 2.24) is 20.2 Å². The quantitative estimate of drug-likeness (QED) is 0.597. The SMILES string of the molecule is Cc1cc(C)c(-c2nc3c([nH]2)CCN[C@H]3C)cc1C(=O)N1CCC(c2ccc(C#N)cc2)CC1. The van der Waals surface area contributed by atoms with Crippen molar-refractivity contribution in [3.05, 3.63) is 75.6 Å². The fraction of sp³-hybridized carbons (Fsp3) is 0.393. The van der Waals surface area contributed by atoms with Gasteiger partial charge in [0.25, 0.3) is 5.91 Å². The van der Waals surface area contributed by atoms with Gasteiger partial charge in [-0.15, -0.1) is 0 Å². The molecule has 6 heteroatoms. The van der Waals surface area contributed by atoms with E-state index < -0.39 is 0 Å². The van der Waals surface area contributed by atoms with Gasteiger partial charge in [-0.1, -0.05) is 18.2 Å². The lowest BCUT2D eigenvalue weighted by atomic mass is 9.88. The van der Waals surface area contributed by atoms with Gasteiger partial charge in [0.1, 0.15) is 5.82 Å². The molecule has 1 aromatic heterocycles. The first-order valence-electron chi connectivity index (χ1n) is 12.2. The molecule has 0 aliphatic carbocycles. The second-order valence-electron chi connectivity index (χ2n) is 9.66. The Morgan fingerprint density at radius 3 is 2.53 bits per heavy atom. The average molecular weight is 454 g/mol. The smallest absolute Gasteiger partial charge is 0.254 e. The number of rotatable bonds is 3.